The number of carbonyl (C=O) groups is 2. The Labute approximate surface area is 153 Å². The molecular formula is C20H38O5. The van der Waals surface area contributed by atoms with Gasteiger partial charge in [0.15, 0.2) is 12.2 Å². The maximum atomic E-state index is 11.4. The Kier molecular flexibility index (Phi) is 15.7. The molecule has 0 aromatic rings. The maximum Gasteiger partial charge on any atom is 0.332 e. The van der Waals surface area contributed by atoms with Crippen molar-refractivity contribution < 1.29 is 24.5 Å². The van der Waals surface area contributed by atoms with Gasteiger partial charge in [-0.25, -0.2) is 9.59 Å². The van der Waals surface area contributed by atoms with Gasteiger partial charge in [-0.15, -0.1) is 0 Å². The fourth-order valence-corrected chi connectivity index (χ4v) is 2.92. The molecule has 0 aliphatic rings. The van der Waals surface area contributed by atoms with E-state index in [9.17, 15) is 19.8 Å². The van der Waals surface area contributed by atoms with E-state index in [2.05, 4.69) is 13.8 Å². The molecule has 148 valence electrons. The Morgan fingerprint density at radius 1 is 0.640 bits per heavy atom. The van der Waals surface area contributed by atoms with E-state index in [1.165, 1.54) is 38.5 Å². The van der Waals surface area contributed by atoms with Crippen molar-refractivity contribution in [3.63, 3.8) is 0 Å². The van der Waals surface area contributed by atoms with Gasteiger partial charge in [-0.1, -0.05) is 90.9 Å². The van der Waals surface area contributed by atoms with E-state index in [1.807, 2.05) is 0 Å². The number of carboxylic acids is 2. The maximum absolute atomic E-state index is 11.4. The average molecular weight is 359 g/mol. The highest BCUT2D eigenvalue weighted by molar-refractivity contribution is 5.75. The van der Waals surface area contributed by atoms with Gasteiger partial charge in [0.1, 0.15) is 0 Å². The van der Waals surface area contributed by atoms with Crippen LogP contribution in [0.4, 0.5) is 0 Å². The molecule has 25 heavy (non-hydrogen) atoms. The molecule has 0 aliphatic heterocycles. The number of aliphatic carboxylic acids is 2. The van der Waals surface area contributed by atoms with Gasteiger partial charge in [-0.3, -0.25) is 0 Å². The molecule has 0 fully saturated rings. The number of hydrogen-bond acceptors (Lipinski definition) is 3. The quantitative estimate of drug-likeness (QED) is 0.320. The van der Waals surface area contributed by atoms with Crippen LogP contribution in [0.1, 0.15) is 104 Å². The van der Waals surface area contributed by atoms with Gasteiger partial charge >= 0.3 is 11.9 Å². The van der Waals surface area contributed by atoms with Crippen molar-refractivity contribution in [3.05, 3.63) is 0 Å². The first-order valence-corrected chi connectivity index (χ1v) is 10.1. The van der Waals surface area contributed by atoms with Crippen molar-refractivity contribution in [2.75, 3.05) is 0 Å². The second-order valence-corrected chi connectivity index (χ2v) is 6.90. The Hall–Kier alpha value is -1.10. The van der Waals surface area contributed by atoms with Crippen LogP contribution in [0, 0.1) is 0 Å². The van der Waals surface area contributed by atoms with Crippen LogP contribution in [0.5, 0.6) is 0 Å². The zero-order valence-electron chi connectivity index (χ0n) is 16.2. The van der Waals surface area contributed by atoms with E-state index in [0.29, 0.717) is 12.8 Å². The SMILES string of the molecule is CCCCCCCCC(OC(CCCCCCCC)C(=O)O)C(=O)O. The third-order valence-electron chi connectivity index (χ3n) is 4.52. The van der Waals surface area contributed by atoms with E-state index < -0.39 is 24.1 Å². The lowest BCUT2D eigenvalue weighted by atomic mass is 10.1. The van der Waals surface area contributed by atoms with Crippen LogP contribution in [0.2, 0.25) is 0 Å². The van der Waals surface area contributed by atoms with E-state index in [1.54, 1.807) is 0 Å². The van der Waals surface area contributed by atoms with Crippen molar-refractivity contribution in [2.45, 2.75) is 116 Å². The summed E-state index contributed by atoms with van der Waals surface area (Å²) in [6.45, 7) is 4.31. The molecule has 0 bridgehead atoms. The predicted molar refractivity (Wildman–Crippen MR) is 99.9 cm³/mol. The molecule has 0 rings (SSSR count). The van der Waals surface area contributed by atoms with Crippen LogP contribution in [0.25, 0.3) is 0 Å². The number of unbranched alkanes of at least 4 members (excludes halogenated alkanes) is 10. The molecule has 0 saturated carbocycles. The monoisotopic (exact) mass is 358 g/mol. The summed E-state index contributed by atoms with van der Waals surface area (Å²) in [5.74, 6) is -2.11. The molecule has 5 nitrogen and oxygen atoms in total. The largest absolute Gasteiger partial charge is 0.479 e. The second-order valence-electron chi connectivity index (χ2n) is 6.90. The topological polar surface area (TPSA) is 83.8 Å². The molecule has 0 heterocycles. The Balaban J connectivity index is 4.13. The highest BCUT2D eigenvalue weighted by Crippen LogP contribution is 2.16. The Bertz CT molecular complexity index is 311. The van der Waals surface area contributed by atoms with Crippen molar-refractivity contribution in [1.82, 2.24) is 0 Å². The molecule has 2 N–H and O–H groups in total. The van der Waals surface area contributed by atoms with Crippen molar-refractivity contribution >= 4 is 11.9 Å². The van der Waals surface area contributed by atoms with Gasteiger partial charge in [0, 0.05) is 0 Å². The summed E-state index contributed by atoms with van der Waals surface area (Å²) >= 11 is 0. The standard InChI is InChI=1S/C20H38O5/c1-3-5-7-9-11-13-15-17(19(21)22)25-18(20(23)24)16-14-12-10-8-6-4-2/h17-18H,3-16H2,1-2H3,(H,21,22)(H,23,24). The predicted octanol–water partition coefficient (Wildman–Crippen LogP) is 5.41. The minimum Gasteiger partial charge on any atom is -0.479 e. The van der Waals surface area contributed by atoms with Crippen LogP contribution < -0.4 is 0 Å². The summed E-state index contributed by atoms with van der Waals surface area (Å²) in [5.41, 5.74) is 0. The minimum absolute atomic E-state index is 0.391. The normalized spacial score (nSPS) is 13.5. The molecule has 2 unspecified atom stereocenters. The van der Waals surface area contributed by atoms with Crippen molar-refractivity contribution in [3.8, 4) is 0 Å². The Morgan fingerprint density at radius 3 is 1.28 bits per heavy atom. The highest BCUT2D eigenvalue weighted by atomic mass is 16.5. The number of hydrogen-bond donors (Lipinski definition) is 2. The zero-order valence-corrected chi connectivity index (χ0v) is 16.2. The van der Waals surface area contributed by atoms with Crippen molar-refractivity contribution in [2.24, 2.45) is 0 Å². The minimum atomic E-state index is -1.05. The average Bonchev–Trinajstić information content (AvgIpc) is 2.57. The first kappa shape index (κ1) is 23.9. The van der Waals surface area contributed by atoms with Gasteiger partial charge in [-0.2, -0.15) is 0 Å². The zero-order chi connectivity index (χ0) is 18.9. The van der Waals surface area contributed by atoms with E-state index in [0.717, 1.165) is 38.5 Å². The summed E-state index contributed by atoms with van der Waals surface area (Å²) in [7, 11) is 0. The fraction of sp³-hybridized carbons (Fsp3) is 0.900. The second kappa shape index (κ2) is 16.4. The van der Waals surface area contributed by atoms with Gasteiger partial charge in [0.25, 0.3) is 0 Å². The van der Waals surface area contributed by atoms with Crippen molar-refractivity contribution in [1.29, 1.82) is 0 Å². The molecule has 0 aromatic heterocycles. The summed E-state index contributed by atoms with van der Waals surface area (Å²) in [5, 5.41) is 18.6. The van der Waals surface area contributed by atoms with Crippen LogP contribution in [-0.4, -0.2) is 34.4 Å². The first-order valence-electron chi connectivity index (χ1n) is 10.1. The third-order valence-corrected chi connectivity index (χ3v) is 4.52. The number of rotatable bonds is 18. The molecule has 0 spiro atoms. The van der Waals surface area contributed by atoms with E-state index >= 15 is 0 Å². The molecule has 0 aromatic carbocycles. The van der Waals surface area contributed by atoms with Crippen LogP contribution in [-0.2, 0) is 14.3 Å². The lowest BCUT2D eigenvalue weighted by molar-refractivity contribution is -0.166. The van der Waals surface area contributed by atoms with Crippen LogP contribution >= 0.6 is 0 Å². The molecule has 0 radical (unpaired) electrons. The number of ether oxygens (including phenoxy) is 1. The van der Waals surface area contributed by atoms with Gasteiger partial charge in [0.2, 0.25) is 0 Å². The molecule has 2 atom stereocenters. The van der Waals surface area contributed by atoms with Gasteiger partial charge in [-0.05, 0) is 12.8 Å². The summed E-state index contributed by atoms with van der Waals surface area (Å²) < 4.78 is 5.43. The van der Waals surface area contributed by atoms with Gasteiger partial charge < -0.3 is 14.9 Å². The summed E-state index contributed by atoms with van der Waals surface area (Å²) in [4.78, 5) is 22.7. The lowest BCUT2D eigenvalue weighted by Crippen LogP contribution is -2.34. The third kappa shape index (κ3) is 13.8. The van der Waals surface area contributed by atoms with Crippen LogP contribution in [0.3, 0.4) is 0 Å². The van der Waals surface area contributed by atoms with E-state index in [4.69, 9.17) is 4.74 Å². The Morgan fingerprint density at radius 2 is 0.960 bits per heavy atom. The smallest absolute Gasteiger partial charge is 0.332 e. The first-order chi connectivity index (χ1) is 12.0. The van der Waals surface area contributed by atoms with Gasteiger partial charge in [0.05, 0.1) is 0 Å². The number of carboxylic acid groups (broad SMARTS) is 2. The lowest BCUT2D eigenvalue weighted by Gasteiger charge is -2.19. The molecular weight excluding hydrogens is 320 g/mol. The summed E-state index contributed by atoms with van der Waals surface area (Å²) in [6.07, 6.45) is 11.6. The highest BCUT2D eigenvalue weighted by Gasteiger charge is 2.26. The molecule has 5 heteroatoms. The van der Waals surface area contributed by atoms with Crippen LogP contribution in [0.15, 0.2) is 0 Å². The molecule has 0 aliphatic carbocycles. The summed E-state index contributed by atoms with van der Waals surface area (Å²) in [6, 6.07) is 0. The fourth-order valence-electron chi connectivity index (χ4n) is 2.92. The van der Waals surface area contributed by atoms with E-state index in [-0.39, 0.29) is 0 Å². The molecule has 0 amide bonds. The molecule has 0 saturated heterocycles.